The van der Waals surface area contributed by atoms with E-state index >= 15 is 0 Å². The van der Waals surface area contributed by atoms with Crippen molar-refractivity contribution < 1.29 is 24.0 Å². The van der Waals surface area contributed by atoms with Crippen LogP contribution in [0.3, 0.4) is 0 Å². The number of ether oxygens (including phenoxy) is 1. The van der Waals surface area contributed by atoms with Crippen LogP contribution in [-0.2, 0) is 24.0 Å². The van der Waals surface area contributed by atoms with Crippen molar-refractivity contribution in [1.29, 1.82) is 0 Å². The van der Waals surface area contributed by atoms with Gasteiger partial charge in [-0.1, -0.05) is 57.0 Å². The number of nitrogens with two attached hydrogens (primary N) is 1. The molecule has 1 aromatic heterocycles. The van der Waals surface area contributed by atoms with Gasteiger partial charge in [0, 0.05) is 11.1 Å². The Morgan fingerprint density at radius 3 is 2.60 bits per heavy atom. The van der Waals surface area contributed by atoms with E-state index in [9.17, 15) is 14.4 Å². The lowest BCUT2D eigenvalue weighted by atomic mass is 10.0. The Labute approximate surface area is 213 Å². The van der Waals surface area contributed by atoms with Gasteiger partial charge < -0.3 is 20.6 Å². The quantitative estimate of drug-likeness (QED) is 0.125. The number of hydrogen-bond acceptors (Lipinski definition) is 10. The molecule has 2 aliphatic rings. The second-order valence-electron chi connectivity index (χ2n) is 8.28. The molecule has 0 bridgehead atoms. The van der Waals surface area contributed by atoms with E-state index in [4.69, 9.17) is 15.3 Å². The molecule has 1 saturated heterocycles. The largest absolute Gasteiger partial charge is 0.461 e. The molecule has 3 rings (SSSR count). The number of hydrogen-bond donors (Lipinski definition) is 2. The molecule has 0 radical (unpaired) electrons. The molecular formula is C23H33N5O5S2. The number of β-lactam (4-membered cyclic amide) rings is 1. The minimum Gasteiger partial charge on any atom is -0.461 e. The van der Waals surface area contributed by atoms with E-state index in [-0.39, 0.29) is 28.1 Å². The molecule has 10 nitrogen and oxygen atoms in total. The number of thioether (sulfide) groups is 1. The normalized spacial score (nSPS) is 19.5. The van der Waals surface area contributed by atoms with Crippen LogP contribution in [0.4, 0.5) is 5.13 Å². The summed E-state index contributed by atoms with van der Waals surface area (Å²) < 4.78 is 5.42. The zero-order valence-electron chi connectivity index (χ0n) is 20.2. The van der Waals surface area contributed by atoms with Gasteiger partial charge in [-0.05, 0) is 12.5 Å². The zero-order valence-corrected chi connectivity index (χ0v) is 21.8. The molecule has 3 N–H and O–H groups in total. The predicted molar refractivity (Wildman–Crippen MR) is 137 cm³/mol. The Morgan fingerprint density at radius 2 is 1.94 bits per heavy atom. The van der Waals surface area contributed by atoms with Gasteiger partial charge in [-0.25, -0.2) is 9.78 Å². The van der Waals surface area contributed by atoms with Gasteiger partial charge in [-0.3, -0.25) is 14.5 Å². The van der Waals surface area contributed by atoms with E-state index in [0.29, 0.717) is 12.4 Å². The summed E-state index contributed by atoms with van der Waals surface area (Å²) in [4.78, 5) is 48.5. The number of unbranched alkanes of at least 4 members (excludes halogenated alkanes) is 7. The van der Waals surface area contributed by atoms with Crippen molar-refractivity contribution in [3.8, 4) is 0 Å². The van der Waals surface area contributed by atoms with Crippen molar-refractivity contribution in [2.24, 2.45) is 5.16 Å². The SMILES string of the molecule is CCCCCCCCCCOC(=O)C1=CCS[C@@H]2C(NC(=O)C(=NOC)c3csc(N)n3)C(=O)N12. The number of nitrogen functional groups attached to an aromatic ring is 1. The van der Waals surface area contributed by atoms with Crippen molar-refractivity contribution in [2.45, 2.75) is 69.7 Å². The maximum absolute atomic E-state index is 12.8. The van der Waals surface area contributed by atoms with E-state index in [2.05, 4.69) is 22.4 Å². The molecule has 3 heterocycles. The standard InChI is InChI=1S/C23H33N5O5S2/c1-3-4-5-6-7-8-9-10-12-33-22(31)16-11-13-34-21-18(20(30)28(16)21)26-19(29)17(27-32-2)15-14-35-23(24)25-15/h11,14,18,21H,3-10,12-13H2,1-2H3,(H2,24,25)(H,26,29)/t18?,21-/m1/s1. The highest BCUT2D eigenvalue weighted by molar-refractivity contribution is 8.00. The number of nitrogens with one attached hydrogen (secondary N) is 1. The lowest BCUT2D eigenvalue weighted by molar-refractivity contribution is -0.152. The number of oxime groups is 1. The summed E-state index contributed by atoms with van der Waals surface area (Å²) in [6.45, 7) is 2.54. The Morgan fingerprint density at radius 1 is 1.23 bits per heavy atom. The van der Waals surface area contributed by atoms with Crippen LogP contribution in [0.25, 0.3) is 0 Å². The summed E-state index contributed by atoms with van der Waals surface area (Å²) in [6, 6.07) is -0.797. The van der Waals surface area contributed by atoms with Crippen molar-refractivity contribution >= 4 is 51.7 Å². The van der Waals surface area contributed by atoms with Gasteiger partial charge in [0.05, 0.1) is 6.61 Å². The highest BCUT2D eigenvalue weighted by Crippen LogP contribution is 2.37. The Kier molecular flexibility index (Phi) is 10.4. The van der Waals surface area contributed by atoms with Gasteiger partial charge in [0.25, 0.3) is 11.8 Å². The van der Waals surface area contributed by atoms with Crippen LogP contribution in [0.5, 0.6) is 0 Å². The highest BCUT2D eigenvalue weighted by atomic mass is 32.2. The molecule has 1 unspecified atom stereocenters. The van der Waals surface area contributed by atoms with Crippen molar-refractivity contribution in [3.05, 3.63) is 22.8 Å². The fourth-order valence-electron chi connectivity index (χ4n) is 3.91. The molecule has 0 aromatic carbocycles. The molecule has 1 fully saturated rings. The molecule has 0 aliphatic carbocycles. The molecule has 2 aliphatic heterocycles. The first-order chi connectivity index (χ1) is 17.0. The first-order valence-corrected chi connectivity index (χ1v) is 13.9. The first kappa shape index (κ1) is 27.0. The zero-order chi connectivity index (χ0) is 25.2. The number of amides is 2. The molecule has 0 spiro atoms. The van der Waals surface area contributed by atoms with Gasteiger partial charge in [0.15, 0.2) is 10.8 Å². The number of thiazole rings is 1. The van der Waals surface area contributed by atoms with Crippen LogP contribution < -0.4 is 11.1 Å². The molecule has 2 atom stereocenters. The van der Waals surface area contributed by atoms with E-state index in [1.54, 1.807) is 11.5 Å². The third-order valence-corrected chi connectivity index (χ3v) is 7.59. The van der Waals surface area contributed by atoms with Crippen LogP contribution in [0.1, 0.15) is 64.0 Å². The smallest absolute Gasteiger partial charge is 0.354 e. The molecule has 12 heteroatoms. The maximum atomic E-state index is 12.8. The van der Waals surface area contributed by atoms with Crippen molar-refractivity contribution in [2.75, 3.05) is 25.2 Å². The number of carbonyl (C=O) groups excluding carboxylic acids is 3. The van der Waals surface area contributed by atoms with E-state index in [1.807, 2.05) is 0 Å². The summed E-state index contributed by atoms with van der Waals surface area (Å²) in [7, 11) is 1.31. The van der Waals surface area contributed by atoms with Gasteiger partial charge in [0.1, 0.15) is 29.9 Å². The average molecular weight is 524 g/mol. The van der Waals surface area contributed by atoms with Crippen LogP contribution in [0.2, 0.25) is 0 Å². The average Bonchev–Trinajstić information content (AvgIpc) is 3.29. The predicted octanol–water partition coefficient (Wildman–Crippen LogP) is 3.04. The number of carbonyl (C=O) groups is 3. The number of aromatic nitrogens is 1. The van der Waals surface area contributed by atoms with Crippen LogP contribution in [0.15, 0.2) is 22.3 Å². The summed E-state index contributed by atoms with van der Waals surface area (Å²) in [5, 5.41) is 7.90. The molecule has 192 valence electrons. The van der Waals surface area contributed by atoms with Gasteiger partial charge in [-0.2, -0.15) is 0 Å². The first-order valence-electron chi connectivity index (χ1n) is 11.9. The van der Waals surface area contributed by atoms with Gasteiger partial charge in [0.2, 0.25) is 0 Å². The number of anilines is 1. The van der Waals surface area contributed by atoms with Gasteiger partial charge >= 0.3 is 5.97 Å². The van der Waals surface area contributed by atoms with Crippen LogP contribution in [-0.4, -0.2) is 64.3 Å². The Balaban J connectivity index is 1.47. The highest BCUT2D eigenvalue weighted by Gasteiger charge is 2.53. The second-order valence-corrected chi connectivity index (χ2v) is 10.3. The minimum atomic E-state index is -0.797. The van der Waals surface area contributed by atoms with Crippen molar-refractivity contribution in [1.82, 2.24) is 15.2 Å². The maximum Gasteiger partial charge on any atom is 0.354 e. The molecule has 1 aromatic rings. The number of rotatable bonds is 14. The molecule has 2 amide bonds. The Bertz CT molecular complexity index is 964. The summed E-state index contributed by atoms with van der Waals surface area (Å²) >= 11 is 2.62. The minimum absolute atomic E-state index is 0.0759. The lowest BCUT2D eigenvalue weighted by Crippen LogP contribution is -2.70. The topological polar surface area (TPSA) is 136 Å². The third kappa shape index (κ3) is 6.97. The number of fused-ring (bicyclic) bond motifs is 1. The fourth-order valence-corrected chi connectivity index (χ4v) is 5.65. The van der Waals surface area contributed by atoms with E-state index in [0.717, 1.165) is 30.6 Å². The Hall–Kier alpha value is -2.60. The lowest BCUT2D eigenvalue weighted by Gasteiger charge is -2.48. The van der Waals surface area contributed by atoms with E-state index in [1.165, 1.54) is 55.9 Å². The third-order valence-electron chi connectivity index (χ3n) is 5.74. The van der Waals surface area contributed by atoms with Gasteiger partial charge in [-0.15, -0.1) is 23.1 Å². The molecular weight excluding hydrogens is 490 g/mol. The van der Waals surface area contributed by atoms with Crippen LogP contribution >= 0.6 is 23.1 Å². The van der Waals surface area contributed by atoms with E-state index < -0.39 is 23.3 Å². The van der Waals surface area contributed by atoms with Crippen molar-refractivity contribution in [3.63, 3.8) is 0 Å². The van der Waals surface area contributed by atoms with Crippen LogP contribution in [0, 0.1) is 0 Å². The monoisotopic (exact) mass is 523 g/mol. The summed E-state index contributed by atoms with van der Waals surface area (Å²) in [5.74, 6) is -0.953. The second kappa shape index (κ2) is 13.5. The summed E-state index contributed by atoms with van der Waals surface area (Å²) in [6.07, 6.45) is 10.9. The molecule has 0 saturated carbocycles. The molecule has 35 heavy (non-hydrogen) atoms. The fraction of sp³-hybridized carbons (Fsp3) is 0.609. The number of nitrogens with zero attached hydrogens (tertiary/aromatic N) is 3. The number of esters is 1. The summed E-state index contributed by atoms with van der Waals surface area (Å²) in [5.41, 5.74) is 6.07.